The van der Waals surface area contributed by atoms with Gasteiger partial charge in [-0.1, -0.05) is 152 Å². The van der Waals surface area contributed by atoms with Crippen molar-refractivity contribution in [3.8, 4) is 67.4 Å². The maximum atomic E-state index is 5.30. The molecule has 3 heterocycles. The number of benzene rings is 7. The van der Waals surface area contributed by atoms with Crippen LogP contribution in [-0.2, 0) is 0 Å². The van der Waals surface area contributed by atoms with E-state index in [-0.39, 0.29) is 0 Å². The Morgan fingerprint density at radius 1 is 0.358 bits per heavy atom. The zero-order valence-corrected chi connectivity index (χ0v) is 29.2. The maximum Gasteiger partial charge on any atom is 0.160 e. The Labute approximate surface area is 310 Å². The van der Waals surface area contributed by atoms with Crippen molar-refractivity contribution in [2.45, 2.75) is 0 Å². The summed E-state index contributed by atoms with van der Waals surface area (Å²) in [4.78, 5) is 15.3. The van der Waals surface area contributed by atoms with Crippen molar-refractivity contribution in [1.82, 2.24) is 23.7 Å². The van der Waals surface area contributed by atoms with Crippen LogP contribution in [0.3, 0.4) is 0 Å². The van der Waals surface area contributed by atoms with Crippen LogP contribution in [0.4, 0.5) is 0 Å². The SMILES string of the molecule is c1ccc(-c2cc(-c3ccc(-c4ccc5nc(-c6ccccc6)c6cc(-c7ccccc7)c7nsnc7c6c5c4)cc3)nc(-c3ccccc3)n2)cc1. The van der Waals surface area contributed by atoms with Gasteiger partial charge < -0.3 is 0 Å². The molecule has 0 radical (unpaired) electrons. The standard InChI is InChI=1S/C47H29N5S/c1-5-13-31(14-6-1)37-28-39-43(46-45(37)51-53-52-46)38-27-36(25-26-40(38)48-44(39)34-17-9-3-10-18-34)30-21-23-33(24-22-30)42-29-41(32-15-7-2-8-16-32)49-47(50-42)35-19-11-4-12-20-35/h1-29H. The van der Waals surface area contributed by atoms with Crippen LogP contribution in [0.25, 0.3) is 100 Å². The van der Waals surface area contributed by atoms with Crippen molar-refractivity contribution in [3.05, 3.63) is 176 Å². The van der Waals surface area contributed by atoms with Crippen LogP contribution in [0.2, 0.25) is 0 Å². The van der Waals surface area contributed by atoms with Crippen LogP contribution in [0.15, 0.2) is 176 Å². The van der Waals surface area contributed by atoms with Gasteiger partial charge in [0.25, 0.3) is 0 Å². The molecule has 0 unspecified atom stereocenters. The lowest BCUT2D eigenvalue weighted by Gasteiger charge is -2.14. The molecule has 10 aromatic rings. The second-order valence-corrected chi connectivity index (χ2v) is 13.5. The second kappa shape index (κ2) is 13.0. The number of pyridine rings is 1. The molecule has 0 aliphatic heterocycles. The van der Waals surface area contributed by atoms with E-state index in [4.69, 9.17) is 23.7 Å². The van der Waals surface area contributed by atoms with Crippen LogP contribution in [0.5, 0.6) is 0 Å². The number of hydrogen-bond donors (Lipinski definition) is 0. The highest BCUT2D eigenvalue weighted by Crippen LogP contribution is 2.42. The van der Waals surface area contributed by atoms with Crippen molar-refractivity contribution in [2.24, 2.45) is 0 Å². The Morgan fingerprint density at radius 2 is 0.887 bits per heavy atom. The van der Waals surface area contributed by atoms with Crippen LogP contribution >= 0.6 is 11.7 Å². The highest BCUT2D eigenvalue weighted by Gasteiger charge is 2.20. The lowest BCUT2D eigenvalue weighted by atomic mass is 9.92. The Morgan fingerprint density at radius 3 is 1.55 bits per heavy atom. The molecule has 0 aliphatic rings. The fourth-order valence-electron chi connectivity index (χ4n) is 7.15. The summed E-state index contributed by atoms with van der Waals surface area (Å²) in [6.07, 6.45) is 0. The number of rotatable bonds is 6. The molecule has 248 valence electrons. The summed E-state index contributed by atoms with van der Waals surface area (Å²) in [6.45, 7) is 0. The zero-order chi connectivity index (χ0) is 35.1. The molecule has 53 heavy (non-hydrogen) atoms. The van der Waals surface area contributed by atoms with E-state index in [2.05, 4.69) is 127 Å². The van der Waals surface area contributed by atoms with E-state index in [1.165, 1.54) is 11.7 Å². The van der Waals surface area contributed by atoms with E-state index in [9.17, 15) is 0 Å². The first-order valence-corrected chi connectivity index (χ1v) is 18.2. The molecule has 0 fully saturated rings. The third-order valence-corrected chi connectivity index (χ3v) is 10.3. The second-order valence-electron chi connectivity index (χ2n) is 13.0. The average Bonchev–Trinajstić information content (AvgIpc) is 3.74. The van der Waals surface area contributed by atoms with Gasteiger partial charge >= 0.3 is 0 Å². The van der Waals surface area contributed by atoms with Gasteiger partial charge in [-0.25, -0.2) is 15.0 Å². The molecule has 0 amide bonds. The van der Waals surface area contributed by atoms with Gasteiger partial charge in [0.1, 0.15) is 11.0 Å². The maximum absolute atomic E-state index is 5.30. The topological polar surface area (TPSA) is 64.5 Å². The smallest absolute Gasteiger partial charge is 0.160 e. The first-order chi connectivity index (χ1) is 26.3. The summed E-state index contributed by atoms with van der Waals surface area (Å²) in [5.41, 5.74) is 13.9. The van der Waals surface area contributed by atoms with Gasteiger partial charge in [-0.05, 0) is 41.0 Å². The van der Waals surface area contributed by atoms with Gasteiger partial charge in [0.15, 0.2) is 5.82 Å². The van der Waals surface area contributed by atoms with E-state index in [1.807, 2.05) is 48.5 Å². The third-order valence-electron chi connectivity index (χ3n) is 9.77. The molecule has 3 aromatic heterocycles. The minimum Gasteiger partial charge on any atom is -0.247 e. The quantitative estimate of drug-likeness (QED) is 0.162. The number of hydrogen-bond acceptors (Lipinski definition) is 6. The molecule has 6 heteroatoms. The molecule has 0 saturated carbocycles. The lowest BCUT2D eigenvalue weighted by Crippen LogP contribution is -1.96. The molecule has 0 bridgehead atoms. The van der Waals surface area contributed by atoms with Crippen molar-refractivity contribution in [1.29, 1.82) is 0 Å². The Hall–Kier alpha value is -6.89. The Kier molecular flexibility index (Phi) is 7.59. The van der Waals surface area contributed by atoms with E-state index in [1.54, 1.807) is 0 Å². The van der Waals surface area contributed by atoms with E-state index < -0.39 is 0 Å². The highest BCUT2D eigenvalue weighted by molar-refractivity contribution is 7.00. The van der Waals surface area contributed by atoms with Crippen LogP contribution in [0, 0.1) is 0 Å². The molecule has 0 spiro atoms. The van der Waals surface area contributed by atoms with Crippen molar-refractivity contribution >= 4 is 44.4 Å². The normalized spacial score (nSPS) is 11.4. The van der Waals surface area contributed by atoms with Gasteiger partial charge in [-0.2, -0.15) is 8.75 Å². The number of aromatic nitrogens is 5. The van der Waals surface area contributed by atoms with E-state index >= 15 is 0 Å². The molecule has 5 nitrogen and oxygen atoms in total. The first kappa shape index (κ1) is 30.9. The minimum absolute atomic E-state index is 0.702. The predicted molar refractivity (Wildman–Crippen MR) is 218 cm³/mol. The van der Waals surface area contributed by atoms with Crippen molar-refractivity contribution in [2.75, 3.05) is 0 Å². The van der Waals surface area contributed by atoms with Gasteiger partial charge in [0.2, 0.25) is 0 Å². The fourth-order valence-corrected chi connectivity index (χ4v) is 7.72. The minimum atomic E-state index is 0.702. The van der Waals surface area contributed by atoms with Crippen LogP contribution in [0.1, 0.15) is 0 Å². The molecule has 10 rings (SSSR count). The summed E-state index contributed by atoms with van der Waals surface area (Å²) in [6, 6.07) is 60.8. The largest absolute Gasteiger partial charge is 0.247 e. The van der Waals surface area contributed by atoms with Gasteiger partial charge in [-0.3, -0.25) is 0 Å². The highest BCUT2D eigenvalue weighted by atomic mass is 32.1. The summed E-state index contributed by atoms with van der Waals surface area (Å²) >= 11 is 1.26. The van der Waals surface area contributed by atoms with E-state index in [0.29, 0.717) is 5.82 Å². The number of fused-ring (bicyclic) bond motifs is 5. The molecule has 0 saturated heterocycles. The fraction of sp³-hybridized carbons (Fsp3) is 0. The first-order valence-electron chi connectivity index (χ1n) is 17.5. The number of nitrogens with zero attached hydrogens (tertiary/aromatic N) is 5. The molecular formula is C47H29N5S. The Bertz CT molecular complexity index is 2850. The molecular weight excluding hydrogens is 667 g/mol. The van der Waals surface area contributed by atoms with Crippen LogP contribution < -0.4 is 0 Å². The summed E-state index contributed by atoms with van der Waals surface area (Å²) in [5, 5.41) is 3.18. The zero-order valence-electron chi connectivity index (χ0n) is 28.4. The summed E-state index contributed by atoms with van der Waals surface area (Å²) in [7, 11) is 0. The van der Waals surface area contributed by atoms with Gasteiger partial charge in [0.05, 0.1) is 34.3 Å². The molecule has 0 atom stereocenters. The van der Waals surface area contributed by atoms with Gasteiger partial charge in [0, 0.05) is 44.0 Å². The monoisotopic (exact) mass is 695 g/mol. The summed E-state index contributed by atoms with van der Waals surface area (Å²) in [5.74, 6) is 0.702. The average molecular weight is 696 g/mol. The molecule has 7 aromatic carbocycles. The van der Waals surface area contributed by atoms with Crippen molar-refractivity contribution in [3.63, 3.8) is 0 Å². The van der Waals surface area contributed by atoms with E-state index in [0.717, 1.165) is 94.3 Å². The lowest BCUT2D eigenvalue weighted by molar-refractivity contribution is 1.18. The van der Waals surface area contributed by atoms with Crippen molar-refractivity contribution < 1.29 is 0 Å². The predicted octanol–water partition coefficient (Wildman–Crippen LogP) is 12.2. The molecule has 0 aliphatic carbocycles. The third kappa shape index (κ3) is 5.62. The van der Waals surface area contributed by atoms with Crippen LogP contribution in [-0.4, -0.2) is 23.7 Å². The Balaban J connectivity index is 1.12. The summed E-state index contributed by atoms with van der Waals surface area (Å²) < 4.78 is 9.74. The molecule has 0 N–H and O–H groups in total. The van der Waals surface area contributed by atoms with Gasteiger partial charge in [-0.15, -0.1) is 0 Å².